The van der Waals surface area contributed by atoms with Gasteiger partial charge in [0.25, 0.3) is 0 Å². The Balaban J connectivity index is 2.64. The number of aryl methyl sites for hydroxylation is 1. The third-order valence-corrected chi connectivity index (χ3v) is 2.98. The predicted octanol–water partition coefficient (Wildman–Crippen LogP) is 2.77. The first kappa shape index (κ1) is 13.9. The highest BCUT2D eigenvalue weighted by atomic mass is 16.5. The van der Waals surface area contributed by atoms with Gasteiger partial charge in [-0.2, -0.15) is 0 Å². The van der Waals surface area contributed by atoms with E-state index in [1.54, 1.807) is 13.2 Å². The van der Waals surface area contributed by atoms with E-state index in [1.807, 2.05) is 25.1 Å². The maximum absolute atomic E-state index is 11.0. The number of methoxy groups -OCH3 is 2. The first-order valence-electron chi connectivity index (χ1n) is 6.00. The second-order valence-electron chi connectivity index (χ2n) is 4.21. The topological polar surface area (TPSA) is 68.7 Å². The highest BCUT2D eigenvalue weighted by Crippen LogP contribution is 2.37. The molecule has 0 aliphatic carbocycles. The number of nitrogens with zero attached hydrogens (tertiary/aromatic N) is 1. The highest BCUT2D eigenvalue weighted by Gasteiger charge is 2.16. The van der Waals surface area contributed by atoms with Gasteiger partial charge in [-0.1, -0.05) is 18.2 Å². The Kier molecular flexibility index (Phi) is 3.89. The number of carbonyl (C=O) groups is 1. The standard InChI is InChI=1S/C15H15NO4/c1-9-5-4-6-10(13(9)19-2)11-7-8-12(15(17)18)16-14(11)20-3/h4-8H,1-3H3,(H,17,18). The smallest absolute Gasteiger partial charge is 0.354 e. The van der Waals surface area contributed by atoms with Crippen LogP contribution in [-0.4, -0.2) is 30.3 Å². The lowest BCUT2D eigenvalue weighted by atomic mass is 10.0. The van der Waals surface area contributed by atoms with Gasteiger partial charge in [-0.15, -0.1) is 0 Å². The minimum absolute atomic E-state index is 0.0581. The molecule has 2 rings (SSSR count). The van der Waals surface area contributed by atoms with E-state index in [2.05, 4.69) is 4.98 Å². The summed E-state index contributed by atoms with van der Waals surface area (Å²) in [6.07, 6.45) is 0. The van der Waals surface area contributed by atoms with E-state index in [4.69, 9.17) is 14.6 Å². The summed E-state index contributed by atoms with van der Waals surface area (Å²) >= 11 is 0. The molecule has 104 valence electrons. The molecular formula is C15H15NO4. The number of hydrogen-bond donors (Lipinski definition) is 1. The van der Waals surface area contributed by atoms with Gasteiger partial charge in [-0.05, 0) is 24.6 Å². The van der Waals surface area contributed by atoms with Crippen LogP contribution < -0.4 is 9.47 Å². The molecule has 0 aliphatic rings. The molecule has 20 heavy (non-hydrogen) atoms. The number of benzene rings is 1. The molecule has 0 atom stereocenters. The zero-order chi connectivity index (χ0) is 14.7. The van der Waals surface area contributed by atoms with Gasteiger partial charge in [-0.3, -0.25) is 0 Å². The van der Waals surface area contributed by atoms with Crippen molar-refractivity contribution in [1.82, 2.24) is 4.98 Å². The zero-order valence-electron chi connectivity index (χ0n) is 11.5. The maximum atomic E-state index is 11.0. The fourth-order valence-electron chi connectivity index (χ4n) is 2.06. The number of para-hydroxylation sites is 1. The summed E-state index contributed by atoms with van der Waals surface area (Å²) in [7, 11) is 3.05. The number of aromatic nitrogens is 1. The Hall–Kier alpha value is -2.56. The average molecular weight is 273 g/mol. The van der Waals surface area contributed by atoms with Crippen molar-refractivity contribution in [3.05, 3.63) is 41.6 Å². The number of carboxylic acid groups (broad SMARTS) is 1. The lowest BCUT2D eigenvalue weighted by Crippen LogP contribution is -2.03. The van der Waals surface area contributed by atoms with Crippen LogP contribution in [0.1, 0.15) is 16.1 Å². The summed E-state index contributed by atoms with van der Waals surface area (Å²) in [5, 5.41) is 8.97. The van der Waals surface area contributed by atoms with Crippen molar-refractivity contribution < 1.29 is 19.4 Å². The molecule has 0 saturated carbocycles. The van der Waals surface area contributed by atoms with Crippen LogP contribution in [0.2, 0.25) is 0 Å². The summed E-state index contributed by atoms with van der Waals surface area (Å²) in [5.74, 6) is -0.115. The summed E-state index contributed by atoms with van der Waals surface area (Å²) in [4.78, 5) is 14.9. The van der Waals surface area contributed by atoms with Crippen LogP contribution in [0.4, 0.5) is 0 Å². The quantitative estimate of drug-likeness (QED) is 0.927. The lowest BCUT2D eigenvalue weighted by molar-refractivity contribution is 0.0689. The summed E-state index contributed by atoms with van der Waals surface area (Å²) in [6.45, 7) is 1.94. The number of carboxylic acids is 1. The lowest BCUT2D eigenvalue weighted by Gasteiger charge is -2.13. The van der Waals surface area contributed by atoms with E-state index >= 15 is 0 Å². The molecule has 1 heterocycles. The van der Waals surface area contributed by atoms with E-state index in [0.717, 1.165) is 16.9 Å². The Morgan fingerprint density at radius 3 is 2.45 bits per heavy atom. The third-order valence-electron chi connectivity index (χ3n) is 2.98. The minimum Gasteiger partial charge on any atom is -0.496 e. The molecule has 1 aromatic heterocycles. The number of pyridine rings is 1. The number of hydrogen-bond acceptors (Lipinski definition) is 4. The molecule has 0 saturated heterocycles. The first-order chi connectivity index (χ1) is 9.58. The molecule has 0 fully saturated rings. The molecule has 0 radical (unpaired) electrons. The SMILES string of the molecule is COc1nc(C(=O)O)ccc1-c1cccc(C)c1OC. The van der Waals surface area contributed by atoms with Gasteiger partial charge in [0, 0.05) is 11.1 Å². The van der Waals surface area contributed by atoms with Crippen LogP contribution in [0.15, 0.2) is 30.3 Å². The minimum atomic E-state index is -1.09. The van der Waals surface area contributed by atoms with Crippen LogP contribution in [0.5, 0.6) is 11.6 Å². The second kappa shape index (κ2) is 5.61. The average Bonchev–Trinajstić information content (AvgIpc) is 2.46. The van der Waals surface area contributed by atoms with E-state index < -0.39 is 5.97 Å². The first-order valence-corrected chi connectivity index (χ1v) is 6.00. The van der Waals surface area contributed by atoms with Crippen molar-refractivity contribution in [2.45, 2.75) is 6.92 Å². The van der Waals surface area contributed by atoms with Crippen molar-refractivity contribution in [3.8, 4) is 22.8 Å². The van der Waals surface area contributed by atoms with Crippen molar-refractivity contribution in [3.63, 3.8) is 0 Å². The summed E-state index contributed by atoms with van der Waals surface area (Å²) in [6, 6.07) is 8.84. The van der Waals surface area contributed by atoms with Crippen molar-refractivity contribution in [2.24, 2.45) is 0 Å². The summed E-state index contributed by atoms with van der Waals surface area (Å²) in [5.41, 5.74) is 2.43. The molecule has 5 heteroatoms. The Morgan fingerprint density at radius 1 is 1.10 bits per heavy atom. The van der Waals surface area contributed by atoms with Crippen molar-refractivity contribution in [1.29, 1.82) is 0 Å². The molecule has 5 nitrogen and oxygen atoms in total. The number of rotatable bonds is 4. The molecule has 1 N–H and O–H groups in total. The van der Waals surface area contributed by atoms with Crippen LogP contribution >= 0.6 is 0 Å². The Morgan fingerprint density at radius 2 is 1.85 bits per heavy atom. The van der Waals surface area contributed by atoms with Gasteiger partial charge in [0.1, 0.15) is 5.75 Å². The summed E-state index contributed by atoms with van der Waals surface area (Å²) < 4.78 is 10.6. The second-order valence-corrected chi connectivity index (χ2v) is 4.21. The highest BCUT2D eigenvalue weighted by molar-refractivity contribution is 5.87. The van der Waals surface area contributed by atoms with Gasteiger partial charge in [-0.25, -0.2) is 9.78 Å². The maximum Gasteiger partial charge on any atom is 0.354 e. The molecule has 0 amide bonds. The fourth-order valence-corrected chi connectivity index (χ4v) is 2.06. The molecular weight excluding hydrogens is 258 g/mol. The molecule has 0 spiro atoms. The van der Waals surface area contributed by atoms with Crippen molar-refractivity contribution in [2.75, 3.05) is 14.2 Å². The van der Waals surface area contributed by atoms with E-state index in [1.165, 1.54) is 13.2 Å². The molecule has 1 aromatic carbocycles. The van der Waals surface area contributed by atoms with E-state index in [0.29, 0.717) is 5.56 Å². The monoisotopic (exact) mass is 273 g/mol. The number of ether oxygens (including phenoxy) is 2. The predicted molar refractivity (Wildman–Crippen MR) is 74.5 cm³/mol. The molecule has 0 aliphatic heterocycles. The van der Waals surface area contributed by atoms with Crippen LogP contribution in [0.25, 0.3) is 11.1 Å². The van der Waals surface area contributed by atoms with Gasteiger partial charge < -0.3 is 14.6 Å². The van der Waals surface area contributed by atoms with Crippen LogP contribution in [-0.2, 0) is 0 Å². The fraction of sp³-hybridized carbons (Fsp3) is 0.200. The van der Waals surface area contributed by atoms with Crippen LogP contribution in [0, 0.1) is 6.92 Å². The third kappa shape index (κ3) is 2.42. The Labute approximate surface area is 116 Å². The van der Waals surface area contributed by atoms with Crippen molar-refractivity contribution >= 4 is 5.97 Å². The number of aromatic carboxylic acids is 1. The Bertz CT molecular complexity index is 652. The van der Waals surface area contributed by atoms with Crippen LogP contribution in [0.3, 0.4) is 0 Å². The van der Waals surface area contributed by atoms with E-state index in [9.17, 15) is 4.79 Å². The van der Waals surface area contributed by atoms with Gasteiger partial charge in [0.05, 0.1) is 14.2 Å². The largest absolute Gasteiger partial charge is 0.496 e. The molecule has 2 aromatic rings. The molecule has 0 unspecified atom stereocenters. The molecule has 0 bridgehead atoms. The normalized spacial score (nSPS) is 10.2. The van der Waals surface area contributed by atoms with Gasteiger partial charge in [0.15, 0.2) is 5.69 Å². The van der Waals surface area contributed by atoms with Gasteiger partial charge in [0.2, 0.25) is 5.88 Å². The van der Waals surface area contributed by atoms with E-state index in [-0.39, 0.29) is 11.6 Å². The zero-order valence-corrected chi connectivity index (χ0v) is 11.5. The van der Waals surface area contributed by atoms with Gasteiger partial charge >= 0.3 is 5.97 Å².